The van der Waals surface area contributed by atoms with Gasteiger partial charge in [-0.25, -0.2) is 14.3 Å². The van der Waals surface area contributed by atoms with Gasteiger partial charge in [0.05, 0.1) is 17.2 Å². The van der Waals surface area contributed by atoms with Gasteiger partial charge in [0, 0.05) is 24.2 Å². The van der Waals surface area contributed by atoms with Crippen LogP contribution in [0, 0.1) is 12.7 Å². The van der Waals surface area contributed by atoms with Crippen LogP contribution in [0.5, 0.6) is 0 Å². The molecule has 0 saturated carbocycles. The van der Waals surface area contributed by atoms with E-state index in [1.165, 1.54) is 19.1 Å². The minimum absolute atomic E-state index is 0.0126. The summed E-state index contributed by atoms with van der Waals surface area (Å²) in [7, 11) is 0. The molecule has 0 unspecified atom stereocenters. The van der Waals surface area contributed by atoms with E-state index in [-0.39, 0.29) is 42.1 Å². The topological polar surface area (TPSA) is 93.5 Å². The molecular weight excluding hydrogens is 367 g/mol. The van der Waals surface area contributed by atoms with E-state index in [4.69, 9.17) is 16.4 Å². The van der Waals surface area contributed by atoms with E-state index in [9.17, 15) is 24.6 Å². The number of piperidine rings is 1. The van der Waals surface area contributed by atoms with Gasteiger partial charge in [-0.05, 0) is 31.4 Å². The summed E-state index contributed by atoms with van der Waals surface area (Å²) in [6, 6.07) is 2.93. The lowest BCUT2D eigenvalue weighted by Crippen LogP contribution is -2.59. The van der Waals surface area contributed by atoms with Crippen molar-refractivity contribution in [3.05, 3.63) is 40.7 Å². The molecule has 0 radical (unpaired) electrons. The Balaban J connectivity index is 2.40. The van der Waals surface area contributed by atoms with Gasteiger partial charge in [0.15, 0.2) is 6.79 Å². The molecule has 144 valence electrons. The average molecular weight is 389 g/mol. The SMILES string of the molecule is C=C(C(=O)N(OCO)C1(CO)CCN(O)CC1)c1c(Cl)ccc(C)c1F. The highest BCUT2D eigenvalue weighted by atomic mass is 35.5. The molecule has 26 heavy (non-hydrogen) atoms. The number of aliphatic hydroxyl groups excluding tert-OH is 2. The number of hydroxylamine groups is 4. The van der Waals surface area contributed by atoms with Crippen molar-refractivity contribution in [1.29, 1.82) is 0 Å². The third-order valence-corrected chi connectivity index (χ3v) is 4.93. The lowest BCUT2D eigenvalue weighted by molar-refractivity contribution is -0.267. The highest BCUT2D eigenvalue weighted by Gasteiger charge is 2.44. The zero-order valence-corrected chi connectivity index (χ0v) is 15.2. The molecule has 0 aromatic heterocycles. The summed E-state index contributed by atoms with van der Waals surface area (Å²) < 4.78 is 14.5. The summed E-state index contributed by atoms with van der Waals surface area (Å²) >= 11 is 6.04. The summed E-state index contributed by atoms with van der Waals surface area (Å²) in [6.07, 6.45) is 0.367. The van der Waals surface area contributed by atoms with Crippen LogP contribution in [0.15, 0.2) is 18.7 Å². The molecule has 0 bridgehead atoms. The molecule has 1 saturated heterocycles. The minimum Gasteiger partial charge on any atom is -0.394 e. The Morgan fingerprint density at radius 1 is 1.42 bits per heavy atom. The molecular formula is C17H22ClFN2O5. The van der Waals surface area contributed by atoms with E-state index in [2.05, 4.69) is 6.58 Å². The summed E-state index contributed by atoms with van der Waals surface area (Å²) in [5.41, 5.74) is -1.31. The molecule has 0 aliphatic carbocycles. The molecule has 3 N–H and O–H groups in total. The summed E-state index contributed by atoms with van der Waals surface area (Å²) in [6.45, 7) is 4.25. The number of hydrogen-bond donors (Lipinski definition) is 3. The van der Waals surface area contributed by atoms with E-state index in [0.29, 0.717) is 5.56 Å². The van der Waals surface area contributed by atoms with E-state index in [0.717, 1.165) is 10.1 Å². The Morgan fingerprint density at radius 3 is 2.58 bits per heavy atom. The maximum Gasteiger partial charge on any atom is 0.278 e. The van der Waals surface area contributed by atoms with Crippen molar-refractivity contribution < 1.29 is 29.4 Å². The second kappa shape index (κ2) is 8.43. The van der Waals surface area contributed by atoms with Gasteiger partial charge in [-0.1, -0.05) is 24.2 Å². The molecule has 2 rings (SSSR count). The molecule has 0 atom stereocenters. The minimum atomic E-state index is -1.19. The largest absolute Gasteiger partial charge is 0.394 e. The number of halogens is 2. The Kier molecular flexibility index (Phi) is 6.73. The van der Waals surface area contributed by atoms with Crippen molar-refractivity contribution in [2.75, 3.05) is 26.5 Å². The Labute approximate surface area is 155 Å². The molecule has 1 aliphatic heterocycles. The van der Waals surface area contributed by atoms with Gasteiger partial charge in [0.1, 0.15) is 5.82 Å². The lowest BCUT2D eigenvalue weighted by Gasteiger charge is -2.45. The predicted octanol–water partition coefficient (Wildman–Crippen LogP) is 1.73. The molecule has 1 amide bonds. The average Bonchev–Trinajstić information content (AvgIpc) is 2.63. The van der Waals surface area contributed by atoms with Crippen LogP contribution >= 0.6 is 11.6 Å². The Morgan fingerprint density at radius 2 is 2.04 bits per heavy atom. The lowest BCUT2D eigenvalue weighted by atomic mass is 9.87. The number of aliphatic hydroxyl groups is 2. The molecule has 1 aliphatic rings. The Hall–Kier alpha value is -1.55. The smallest absolute Gasteiger partial charge is 0.278 e. The van der Waals surface area contributed by atoms with Crippen LogP contribution in [-0.2, 0) is 9.63 Å². The number of hydrogen-bond acceptors (Lipinski definition) is 6. The van der Waals surface area contributed by atoms with Gasteiger partial charge in [0.25, 0.3) is 5.91 Å². The van der Waals surface area contributed by atoms with Crippen LogP contribution in [0.3, 0.4) is 0 Å². The molecule has 1 fully saturated rings. The summed E-state index contributed by atoms with van der Waals surface area (Å²) in [5.74, 6) is -1.51. The van der Waals surface area contributed by atoms with Gasteiger partial charge in [-0.2, -0.15) is 5.06 Å². The third kappa shape index (κ3) is 3.90. The van der Waals surface area contributed by atoms with E-state index in [1.54, 1.807) is 0 Å². The monoisotopic (exact) mass is 388 g/mol. The van der Waals surface area contributed by atoms with Crippen LogP contribution in [0.1, 0.15) is 24.0 Å². The molecule has 0 spiro atoms. The molecule has 1 aromatic rings. The van der Waals surface area contributed by atoms with Crippen LogP contribution in [0.25, 0.3) is 5.57 Å². The maximum absolute atomic E-state index is 14.5. The number of rotatable bonds is 6. The fourth-order valence-electron chi connectivity index (χ4n) is 2.97. The zero-order valence-electron chi connectivity index (χ0n) is 14.4. The van der Waals surface area contributed by atoms with Gasteiger partial charge >= 0.3 is 0 Å². The van der Waals surface area contributed by atoms with E-state index >= 15 is 0 Å². The summed E-state index contributed by atoms with van der Waals surface area (Å²) in [4.78, 5) is 18.1. The van der Waals surface area contributed by atoms with Gasteiger partial charge in [-0.3, -0.25) is 4.79 Å². The molecule has 1 aromatic carbocycles. The molecule has 1 heterocycles. The third-order valence-electron chi connectivity index (χ3n) is 4.61. The first-order valence-corrected chi connectivity index (χ1v) is 8.42. The zero-order chi connectivity index (χ0) is 19.5. The quantitative estimate of drug-likeness (QED) is 0.390. The first kappa shape index (κ1) is 20.8. The van der Waals surface area contributed by atoms with Crippen LogP contribution in [0.4, 0.5) is 4.39 Å². The van der Waals surface area contributed by atoms with Crippen LogP contribution < -0.4 is 0 Å². The number of carbonyl (C=O) groups is 1. The van der Waals surface area contributed by atoms with Gasteiger partial charge in [0.2, 0.25) is 0 Å². The first-order chi connectivity index (χ1) is 12.3. The first-order valence-electron chi connectivity index (χ1n) is 8.04. The molecule has 9 heteroatoms. The van der Waals surface area contributed by atoms with E-state index < -0.39 is 30.7 Å². The van der Waals surface area contributed by atoms with Crippen molar-refractivity contribution >= 4 is 23.1 Å². The second-order valence-electron chi connectivity index (χ2n) is 6.23. The number of benzene rings is 1. The number of aryl methyl sites for hydroxylation is 1. The van der Waals surface area contributed by atoms with Crippen molar-refractivity contribution in [2.24, 2.45) is 0 Å². The van der Waals surface area contributed by atoms with Crippen LogP contribution in [0.2, 0.25) is 5.02 Å². The summed E-state index contributed by atoms with van der Waals surface area (Å²) in [5, 5.41) is 30.5. The normalized spacial score (nSPS) is 17.2. The van der Waals surface area contributed by atoms with Gasteiger partial charge < -0.3 is 15.4 Å². The van der Waals surface area contributed by atoms with Crippen molar-refractivity contribution in [3.8, 4) is 0 Å². The van der Waals surface area contributed by atoms with E-state index in [1.807, 2.05) is 0 Å². The highest BCUT2D eigenvalue weighted by Crippen LogP contribution is 2.34. The second-order valence-corrected chi connectivity index (χ2v) is 6.63. The standard InChI is InChI=1S/C17H22ClFN2O5/c1-11-3-4-13(18)14(15(11)19)12(2)16(24)21(26-10-23)17(9-22)5-7-20(25)8-6-17/h3-4,22-23,25H,2,5-10H2,1H3. The molecule has 7 nitrogen and oxygen atoms in total. The predicted molar refractivity (Wildman–Crippen MR) is 92.6 cm³/mol. The highest BCUT2D eigenvalue weighted by molar-refractivity contribution is 6.34. The number of amides is 1. The van der Waals surface area contributed by atoms with Crippen LogP contribution in [-0.4, -0.2) is 63.5 Å². The van der Waals surface area contributed by atoms with Crippen molar-refractivity contribution in [2.45, 2.75) is 25.3 Å². The van der Waals surface area contributed by atoms with Crippen molar-refractivity contribution in [1.82, 2.24) is 10.1 Å². The Bertz CT molecular complexity index is 692. The maximum atomic E-state index is 14.5. The fraction of sp³-hybridized carbons (Fsp3) is 0.471. The van der Waals surface area contributed by atoms with Crippen molar-refractivity contribution in [3.63, 3.8) is 0 Å². The number of carbonyl (C=O) groups excluding carboxylic acids is 1. The number of nitrogens with zero attached hydrogens (tertiary/aromatic N) is 2. The van der Waals surface area contributed by atoms with Gasteiger partial charge in [-0.15, -0.1) is 0 Å². The fourth-order valence-corrected chi connectivity index (χ4v) is 3.23.